The number of benzene rings is 1. The molecule has 0 radical (unpaired) electrons. The fourth-order valence-electron chi connectivity index (χ4n) is 1.57. The van der Waals surface area contributed by atoms with Gasteiger partial charge in [0.15, 0.2) is 0 Å². The van der Waals surface area contributed by atoms with Gasteiger partial charge in [0.05, 0.1) is 6.04 Å². The summed E-state index contributed by atoms with van der Waals surface area (Å²) in [6.45, 7) is 1.52. The van der Waals surface area contributed by atoms with Gasteiger partial charge in [-0.25, -0.2) is 8.78 Å². The first kappa shape index (κ1) is 12.7. The van der Waals surface area contributed by atoms with Crippen molar-refractivity contribution in [2.45, 2.75) is 13.0 Å². The summed E-state index contributed by atoms with van der Waals surface area (Å²) in [7, 11) is 0. The maximum Gasteiger partial charge on any atom is 0.128 e. The maximum absolute atomic E-state index is 13.7. The van der Waals surface area contributed by atoms with E-state index in [0.29, 0.717) is 0 Å². The van der Waals surface area contributed by atoms with Crippen molar-refractivity contribution in [2.75, 3.05) is 0 Å². The summed E-state index contributed by atoms with van der Waals surface area (Å²) in [5, 5.41) is 1.85. The third kappa shape index (κ3) is 2.41. The van der Waals surface area contributed by atoms with E-state index < -0.39 is 17.7 Å². The van der Waals surface area contributed by atoms with E-state index in [4.69, 9.17) is 5.73 Å². The molecule has 0 spiro atoms. The van der Waals surface area contributed by atoms with Crippen LogP contribution in [0.25, 0.3) is 0 Å². The predicted octanol–water partition coefficient (Wildman–Crippen LogP) is 4.15. The Kier molecular flexibility index (Phi) is 3.61. The minimum Gasteiger partial charge on any atom is -0.319 e. The Morgan fingerprint density at radius 2 is 2.00 bits per heavy atom. The second-order valence-corrected chi connectivity index (χ2v) is 5.54. The number of aryl methyl sites for hydroxylation is 1. The van der Waals surface area contributed by atoms with Crippen molar-refractivity contribution in [3.05, 3.63) is 55.7 Å². The Morgan fingerprint density at radius 1 is 1.29 bits per heavy atom. The lowest BCUT2D eigenvalue weighted by Crippen LogP contribution is -2.13. The van der Waals surface area contributed by atoms with E-state index in [-0.39, 0.29) is 11.1 Å². The predicted molar refractivity (Wildman–Crippen MR) is 69.1 cm³/mol. The molecule has 2 rings (SSSR count). The summed E-state index contributed by atoms with van der Waals surface area (Å²) in [5.41, 5.74) is 6.41. The zero-order valence-corrected chi connectivity index (χ0v) is 11.4. The van der Waals surface area contributed by atoms with Gasteiger partial charge < -0.3 is 5.73 Å². The maximum atomic E-state index is 13.7. The average molecular weight is 318 g/mol. The van der Waals surface area contributed by atoms with Crippen molar-refractivity contribution >= 4 is 27.3 Å². The molecule has 1 aromatic carbocycles. The topological polar surface area (TPSA) is 26.0 Å². The molecule has 90 valence electrons. The van der Waals surface area contributed by atoms with Crippen molar-refractivity contribution < 1.29 is 8.78 Å². The molecule has 1 unspecified atom stereocenters. The summed E-state index contributed by atoms with van der Waals surface area (Å²) < 4.78 is 28.0. The number of nitrogens with two attached hydrogens (primary N) is 1. The highest BCUT2D eigenvalue weighted by molar-refractivity contribution is 9.10. The van der Waals surface area contributed by atoms with Gasteiger partial charge in [0.2, 0.25) is 0 Å². The zero-order valence-electron chi connectivity index (χ0n) is 9.01. The van der Waals surface area contributed by atoms with Crippen LogP contribution >= 0.6 is 27.3 Å². The van der Waals surface area contributed by atoms with Crippen LogP contribution in [0.2, 0.25) is 0 Å². The molecule has 2 aromatic rings. The molecule has 0 bridgehead atoms. The van der Waals surface area contributed by atoms with Crippen LogP contribution in [-0.2, 0) is 0 Å². The van der Waals surface area contributed by atoms with Gasteiger partial charge in [-0.05, 0) is 52.0 Å². The first-order chi connectivity index (χ1) is 8.00. The largest absolute Gasteiger partial charge is 0.319 e. The molecule has 2 N–H and O–H groups in total. The second-order valence-electron chi connectivity index (χ2n) is 3.73. The summed E-state index contributed by atoms with van der Waals surface area (Å²) in [5.74, 6) is -0.916. The van der Waals surface area contributed by atoms with Crippen LogP contribution in [0.1, 0.15) is 22.0 Å². The van der Waals surface area contributed by atoms with Crippen LogP contribution in [0, 0.1) is 18.6 Å². The van der Waals surface area contributed by atoms with Crippen molar-refractivity contribution in [2.24, 2.45) is 5.73 Å². The molecule has 0 aliphatic rings. The molecular formula is C12H10BrF2NS. The van der Waals surface area contributed by atoms with Gasteiger partial charge >= 0.3 is 0 Å². The summed E-state index contributed by atoms with van der Waals surface area (Å²) in [4.78, 5) is 0.784. The van der Waals surface area contributed by atoms with Gasteiger partial charge in [0.1, 0.15) is 11.6 Å². The second kappa shape index (κ2) is 4.84. The first-order valence-corrected chi connectivity index (χ1v) is 6.62. The molecular weight excluding hydrogens is 308 g/mol. The highest BCUT2D eigenvalue weighted by Crippen LogP contribution is 2.33. The van der Waals surface area contributed by atoms with E-state index in [1.165, 1.54) is 30.4 Å². The molecule has 0 saturated heterocycles. The van der Waals surface area contributed by atoms with Gasteiger partial charge in [-0.2, -0.15) is 0 Å². The lowest BCUT2D eigenvalue weighted by Gasteiger charge is -2.13. The van der Waals surface area contributed by atoms with E-state index >= 15 is 0 Å². The first-order valence-electron chi connectivity index (χ1n) is 4.94. The standard InChI is InChI=1S/C12H10BrF2NS/c1-6-4-10(15)7(5-9(6)14)11(16)12-8(13)2-3-17-12/h2-5,11H,16H2,1H3. The van der Waals surface area contributed by atoms with Crippen molar-refractivity contribution in [3.63, 3.8) is 0 Å². The molecule has 1 atom stereocenters. The molecule has 0 fully saturated rings. The summed E-state index contributed by atoms with van der Waals surface area (Å²) in [6.07, 6.45) is 0. The van der Waals surface area contributed by atoms with Crippen LogP contribution in [0.5, 0.6) is 0 Å². The van der Waals surface area contributed by atoms with Gasteiger partial charge in [-0.1, -0.05) is 0 Å². The van der Waals surface area contributed by atoms with Crippen LogP contribution in [0.15, 0.2) is 28.1 Å². The Morgan fingerprint density at radius 3 is 2.59 bits per heavy atom. The van der Waals surface area contributed by atoms with E-state index in [9.17, 15) is 8.78 Å². The quantitative estimate of drug-likeness (QED) is 0.884. The third-order valence-corrected chi connectivity index (χ3v) is 4.49. The van der Waals surface area contributed by atoms with Crippen molar-refractivity contribution in [1.29, 1.82) is 0 Å². The molecule has 0 saturated carbocycles. The Labute approximate surface area is 110 Å². The Balaban J connectivity index is 2.48. The van der Waals surface area contributed by atoms with Gasteiger partial charge in [-0.3, -0.25) is 0 Å². The zero-order chi connectivity index (χ0) is 12.6. The van der Waals surface area contributed by atoms with E-state index in [2.05, 4.69) is 15.9 Å². The van der Waals surface area contributed by atoms with Crippen LogP contribution < -0.4 is 5.73 Å². The summed E-state index contributed by atoms with van der Waals surface area (Å²) >= 11 is 4.75. The number of hydrogen-bond acceptors (Lipinski definition) is 2. The third-order valence-electron chi connectivity index (χ3n) is 2.54. The van der Waals surface area contributed by atoms with E-state index in [1.807, 2.05) is 11.4 Å². The van der Waals surface area contributed by atoms with E-state index in [0.717, 1.165) is 9.35 Å². The molecule has 17 heavy (non-hydrogen) atoms. The molecule has 0 aliphatic carbocycles. The van der Waals surface area contributed by atoms with Crippen LogP contribution in [0.4, 0.5) is 8.78 Å². The van der Waals surface area contributed by atoms with Gasteiger partial charge in [0.25, 0.3) is 0 Å². The highest BCUT2D eigenvalue weighted by Gasteiger charge is 2.19. The van der Waals surface area contributed by atoms with Crippen LogP contribution in [-0.4, -0.2) is 0 Å². The number of rotatable bonds is 2. The molecule has 1 heterocycles. The molecule has 0 aliphatic heterocycles. The smallest absolute Gasteiger partial charge is 0.128 e. The Bertz CT molecular complexity index is 553. The molecule has 1 aromatic heterocycles. The summed E-state index contributed by atoms with van der Waals surface area (Å²) in [6, 6.07) is 3.52. The van der Waals surface area contributed by atoms with Crippen LogP contribution in [0.3, 0.4) is 0 Å². The molecule has 5 heteroatoms. The van der Waals surface area contributed by atoms with E-state index in [1.54, 1.807) is 0 Å². The number of hydrogen-bond donors (Lipinski definition) is 1. The minimum atomic E-state index is -0.653. The lowest BCUT2D eigenvalue weighted by molar-refractivity contribution is 0.571. The van der Waals surface area contributed by atoms with Crippen molar-refractivity contribution in [3.8, 4) is 0 Å². The monoisotopic (exact) mass is 317 g/mol. The highest BCUT2D eigenvalue weighted by atomic mass is 79.9. The SMILES string of the molecule is Cc1cc(F)c(C(N)c2sccc2Br)cc1F. The van der Waals surface area contributed by atoms with Crippen molar-refractivity contribution in [1.82, 2.24) is 0 Å². The molecule has 0 amide bonds. The lowest BCUT2D eigenvalue weighted by atomic mass is 10.0. The minimum absolute atomic E-state index is 0.177. The molecule has 1 nitrogen and oxygen atoms in total. The average Bonchev–Trinajstić information content (AvgIpc) is 2.69. The number of thiophene rings is 1. The number of halogens is 3. The fourth-order valence-corrected chi connectivity index (χ4v) is 3.21. The normalized spacial score (nSPS) is 12.8. The fraction of sp³-hybridized carbons (Fsp3) is 0.167. The van der Waals surface area contributed by atoms with Gasteiger partial charge in [0, 0.05) is 14.9 Å². The van der Waals surface area contributed by atoms with Gasteiger partial charge in [-0.15, -0.1) is 11.3 Å². The Hall–Kier alpha value is -0.780.